The lowest BCUT2D eigenvalue weighted by atomic mass is 9.95. The Morgan fingerprint density at radius 3 is 1.29 bits per heavy atom. The van der Waals surface area contributed by atoms with Crippen molar-refractivity contribution in [2.24, 2.45) is 0 Å². The van der Waals surface area contributed by atoms with Crippen molar-refractivity contribution < 1.29 is 34.8 Å². The molecule has 0 unspecified atom stereocenters. The van der Waals surface area contributed by atoms with Crippen molar-refractivity contribution in [1.82, 2.24) is 0 Å². The Balaban J connectivity index is 0.000000138. The van der Waals surface area contributed by atoms with Gasteiger partial charge in [-0.2, -0.15) is 0 Å². The molecule has 10 aromatic rings. The molecule has 0 spiro atoms. The number of ether oxygens (including phenoxy) is 1. The monoisotopic (exact) mass is 870 g/mol. The summed E-state index contributed by atoms with van der Waals surface area (Å²) in [6.07, 6.45) is 0. The first-order valence-electron chi connectivity index (χ1n) is 21.5. The van der Waals surface area contributed by atoms with Crippen LogP contribution in [0.5, 0.6) is 23.0 Å². The summed E-state index contributed by atoms with van der Waals surface area (Å²) in [6, 6.07) is 60.7. The second-order valence-electron chi connectivity index (χ2n) is 16.1. The van der Waals surface area contributed by atoms with Crippen molar-refractivity contribution in [3.8, 4) is 23.0 Å². The van der Waals surface area contributed by atoms with Crippen LogP contribution in [-0.2, 0) is 11.3 Å². The third kappa shape index (κ3) is 11.0. The van der Waals surface area contributed by atoms with Crippen LogP contribution in [0.15, 0.2) is 194 Å². The number of hydrogen-bond donors (Lipinski definition) is 4. The minimum Gasteiger partial charge on any atom is -0.508 e. The molecule has 66 heavy (non-hydrogen) atoms. The maximum Gasteiger partial charge on any atom is 0.342 e. The predicted molar refractivity (Wildman–Crippen MR) is 267 cm³/mol. The van der Waals surface area contributed by atoms with E-state index in [0.717, 1.165) is 65.3 Å². The van der Waals surface area contributed by atoms with Gasteiger partial charge in [-0.1, -0.05) is 169 Å². The van der Waals surface area contributed by atoms with Gasteiger partial charge in [-0.25, -0.2) is 4.79 Å². The van der Waals surface area contributed by atoms with Gasteiger partial charge in [0, 0.05) is 5.56 Å². The van der Waals surface area contributed by atoms with Crippen LogP contribution in [0.4, 0.5) is 0 Å². The van der Waals surface area contributed by atoms with E-state index in [1.54, 1.807) is 55.5 Å². The molecule has 0 aliphatic carbocycles. The highest BCUT2D eigenvalue weighted by atomic mass is 16.5. The molecule has 0 aliphatic rings. The number of benzene rings is 10. The van der Waals surface area contributed by atoms with Crippen LogP contribution in [0.2, 0.25) is 0 Å². The molecule has 0 heterocycles. The van der Waals surface area contributed by atoms with Gasteiger partial charge < -0.3 is 25.2 Å². The van der Waals surface area contributed by atoms with Crippen molar-refractivity contribution in [2.45, 2.75) is 34.3 Å². The van der Waals surface area contributed by atoms with Crippen molar-refractivity contribution in [2.75, 3.05) is 0 Å². The van der Waals surface area contributed by atoms with Gasteiger partial charge in [-0.15, -0.1) is 0 Å². The number of rotatable bonds is 5. The van der Waals surface area contributed by atoms with E-state index in [-0.39, 0.29) is 29.5 Å². The summed E-state index contributed by atoms with van der Waals surface area (Å²) in [5, 5.41) is 47.2. The molecular formula is C59H50O7. The number of esters is 1. The number of phenols is 4. The van der Waals surface area contributed by atoms with Gasteiger partial charge in [0.05, 0.1) is 5.56 Å². The molecular weight excluding hydrogens is 821 g/mol. The second-order valence-corrected chi connectivity index (χ2v) is 16.1. The molecule has 10 rings (SSSR count). The third-order valence-corrected chi connectivity index (χ3v) is 11.3. The van der Waals surface area contributed by atoms with Crippen LogP contribution in [0.25, 0.3) is 43.1 Å². The maximum absolute atomic E-state index is 12.6. The van der Waals surface area contributed by atoms with Crippen molar-refractivity contribution >= 4 is 54.8 Å². The van der Waals surface area contributed by atoms with Gasteiger partial charge in [-0.3, -0.25) is 4.79 Å². The molecule has 7 heteroatoms. The minimum absolute atomic E-state index is 0.0161. The zero-order valence-electron chi connectivity index (χ0n) is 37.2. The average molecular weight is 871 g/mol. The molecule has 0 bridgehead atoms. The predicted octanol–water partition coefficient (Wildman–Crippen LogP) is 14.0. The Labute approximate surface area is 384 Å². The van der Waals surface area contributed by atoms with Crippen molar-refractivity contribution in [1.29, 1.82) is 0 Å². The number of aromatic hydroxyl groups is 4. The van der Waals surface area contributed by atoms with Gasteiger partial charge >= 0.3 is 5.97 Å². The number of carbonyl (C=O) groups is 2. The molecule has 10 aromatic carbocycles. The molecule has 0 fully saturated rings. The number of aryl methyl sites for hydroxylation is 4. The molecule has 0 aromatic heterocycles. The van der Waals surface area contributed by atoms with Crippen LogP contribution in [0, 0.1) is 27.7 Å². The summed E-state index contributed by atoms with van der Waals surface area (Å²) < 4.78 is 5.34. The van der Waals surface area contributed by atoms with E-state index in [0.29, 0.717) is 28.2 Å². The van der Waals surface area contributed by atoms with Gasteiger partial charge in [0.1, 0.15) is 35.2 Å². The van der Waals surface area contributed by atoms with Crippen molar-refractivity contribution in [3.05, 3.63) is 239 Å². The Morgan fingerprint density at radius 1 is 0.409 bits per heavy atom. The fourth-order valence-corrected chi connectivity index (χ4v) is 7.49. The fourth-order valence-electron chi connectivity index (χ4n) is 7.49. The topological polar surface area (TPSA) is 124 Å². The first-order chi connectivity index (χ1) is 31.9. The molecule has 0 saturated heterocycles. The van der Waals surface area contributed by atoms with E-state index in [1.165, 1.54) is 0 Å². The Bertz CT molecular complexity index is 3240. The summed E-state index contributed by atoms with van der Waals surface area (Å²) in [4.78, 5) is 24.9. The van der Waals surface area contributed by atoms with E-state index in [1.807, 2.05) is 166 Å². The minimum atomic E-state index is -0.517. The lowest BCUT2D eigenvalue weighted by Gasteiger charge is -2.11. The molecule has 0 aliphatic heterocycles. The summed E-state index contributed by atoms with van der Waals surface area (Å²) in [5.41, 5.74) is 5.75. The zero-order chi connectivity index (χ0) is 46.7. The fraction of sp³-hybridized carbons (Fsp3) is 0.0847. The Hall–Kier alpha value is -8.42. The van der Waals surface area contributed by atoms with Gasteiger partial charge in [0.15, 0.2) is 5.78 Å². The largest absolute Gasteiger partial charge is 0.508 e. The first kappa shape index (κ1) is 45.6. The highest BCUT2D eigenvalue weighted by Crippen LogP contribution is 2.33. The van der Waals surface area contributed by atoms with E-state index >= 15 is 0 Å². The Morgan fingerprint density at radius 2 is 0.803 bits per heavy atom. The van der Waals surface area contributed by atoms with E-state index < -0.39 is 5.97 Å². The Kier molecular flexibility index (Phi) is 14.4. The van der Waals surface area contributed by atoms with E-state index in [4.69, 9.17) is 14.9 Å². The lowest BCUT2D eigenvalue weighted by molar-refractivity contribution is 0.0469. The maximum atomic E-state index is 12.6. The number of phenolic OH excluding ortho intramolecular Hbond substituents is 4. The normalized spacial score (nSPS) is 10.5. The number of carbonyl (C=O) groups excluding carboxylic acids is 2. The number of fused-ring (bicyclic) bond motifs is 4. The molecule has 4 N–H and O–H groups in total. The zero-order valence-corrected chi connectivity index (χ0v) is 37.2. The first-order valence-corrected chi connectivity index (χ1v) is 21.5. The molecule has 0 amide bonds. The summed E-state index contributed by atoms with van der Waals surface area (Å²) in [7, 11) is 0. The van der Waals surface area contributed by atoms with Gasteiger partial charge in [0.25, 0.3) is 0 Å². The van der Waals surface area contributed by atoms with Crippen LogP contribution in [0.1, 0.15) is 54.1 Å². The number of ketones is 1. The van der Waals surface area contributed by atoms with Gasteiger partial charge in [-0.05, 0) is 124 Å². The third-order valence-electron chi connectivity index (χ3n) is 11.3. The van der Waals surface area contributed by atoms with E-state index in [2.05, 4.69) is 0 Å². The molecule has 328 valence electrons. The number of hydrogen-bond acceptors (Lipinski definition) is 7. The highest BCUT2D eigenvalue weighted by molar-refractivity contribution is 6.13. The molecule has 0 saturated carbocycles. The van der Waals surface area contributed by atoms with Crippen LogP contribution < -0.4 is 0 Å². The van der Waals surface area contributed by atoms with Crippen LogP contribution >= 0.6 is 0 Å². The standard InChI is InChI=1S/C20H18O3.C19H16O2.2C10H8O/c1-13-7-9-15(10-8-13)12-23-20(22)18-11-16-5-3-4-6-17(16)14(2)19(18)21;1-12-7-9-14(10-8-12)19(21)17-11-15-5-3-4-6-16(15)13(2)18(17)20;2*11-10-6-5-8-3-1-2-4-9(8)7-10/h3-11,21H,12H2,1-2H3;3-11,20H,1-2H3;2*1-7,11H. The lowest BCUT2D eigenvalue weighted by Crippen LogP contribution is -2.06. The van der Waals surface area contributed by atoms with Crippen LogP contribution in [-0.4, -0.2) is 32.2 Å². The van der Waals surface area contributed by atoms with Crippen molar-refractivity contribution in [3.63, 3.8) is 0 Å². The quantitative estimate of drug-likeness (QED) is 0.100. The average Bonchev–Trinajstić information content (AvgIpc) is 3.34. The highest BCUT2D eigenvalue weighted by Gasteiger charge is 2.18. The second kappa shape index (κ2) is 20.8. The molecule has 7 nitrogen and oxygen atoms in total. The van der Waals surface area contributed by atoms with E-state index in [9.17, 15) is 19.8 Å². The van der Waals surface area contributed by atoms with Gasteiger partial charge in [0.2, 0.25) is 0 Å². The smallest absolute Gasteiger partial charge is 0.342 e. The summed E-state index contributed by atoms with van der Waals surface area (Å²) in [6.45, 7) is 7.81. The van der Waals surface area contributed by atoms with Crippen LogP contribution in [0.3, 0.4) is 0 Å². The molecule has 0 radical (unpaired) electrons. The SMILES string of the molecule is Cc1ccc(C(=O)c2cc3ccccc3c(C)c2O)cc1.Cc1ccc(COC(=O)c2cc3ccccc3c(C)c2O)cc1.Oc1ccc2ccccc2c1.Oc1ccc2ccccc2c1. The summed E-state index contributed by atoms with van der Waals surface area (Å²) in [5.74, 6) is 0.0302. The molecule has 0 atom stereocenters. The summed E-state index contributed by atoms with van der Waals surface area (Å²) >= 11 is 0.